The van der Waals surface area contributed by atoms with Gasteiger partial charge in [-0.1, -0.05) is 6.07 Å². The number of hydrogen-bond acceptors (Lipinski definition) is 5. The molecule has 0 aliphatic carbocycles. The van der Waals surface area contributed by atoms with Crippen molar-refractivity contribution in [3.8, 4) is 26.3 Å². The van der Waals surface area contributed by atoms with Gasteiger partial charge < -0.3 is 5.73 Å². The maximum Gasteiger partial charge on any atom is 0.129 e. The van der Waals surface area contributed by atoms with Crippen molar-refractivity contribution in [2.45, 2.75) is 0 Å². The fraction of sp³-hybridized carbons (Fsp3) is 0. The Morgan fingerprint density at radius 2 is 2.00 bits per heavy atom. The van der Waals surface area contributed by atoms with Crippen molar-refractivity contribution in [2.75, 3.05) is 5.73 Å². The van der Waals surface area contributed by atoms with E-state index in [2.05, 4.69) is 44.0 Å². The maximum atomic E-state index is 9.23. The van der Waals surface area contributed by atoms with Crippen molar-refractivity contribution >= 4 is 71.6 Å². The molecule has 0 amide bonds. The Kier molecular flexibility index (Phi) is 4.02. The van der Waals surface area contributed by atoms with Crippen molar-refractivity contribution in [2.24, 2.45) is 0 Å². The number of anilines is 1. The smallest absolute Gasteiger partial charge is 0.129 e. The summed E-state index contributed by atoms with van der Waals surface area (Å²) >= 11 is 11.7. The van der Waals surface area contributed by atoms with E-state index in [1.54, 1.807) is 22.7 Å². The normalized spacial score (nSPS) is 10.7. The number of nitriles is 1. The minimum absolute atomic E-state index is 0.573. The highest BCUT2D eigenvalue weighted by Crippen LogP contribution is 2.49. The maximum absolute atomic E-state index is 9.23. The lowest BCUT2D eigenvalue weighted by Crippen LogP contribution is -1.87. The van der Waals surface area contributed by atoms with Gasteiger partial charge >= 0.3 is 0 Å². The monoisotopic (exact) mass is 444 g/mol. The average Bonchev–Trinajstić information content (AvgIpc) is 3.10. The lowest BCUT2D eigenvalue weighted by Gasteiger charge is -2.00. The van der Waals surface area contributed by atoms with Gasteiger partial charge in [0.25, 0.3) is 0 Å². The summed E-state index contributed by atoms with van der Waals surface area (Å²) in [5, 5.41) is 11.2. The lowest BCUT2D eigenvalue weighted by molar-refractivity contribution is 1.52. The summed E-state index contributed by atoms with van der Waals surface area (Å²) in [6, 6.07) is 8.27. The van der Waals surface area contributed by atoms with Crippen LogP contribution in [0.2, 0.25) is 0 Å². The molecule has 3 heterocycles. The molecular formula is C13H6Br2N2S3. The van der Waals surface area contributed by atoms with Gasteiger partial charge in [0.05, 0.1) is 14.4 Å². The van der Waals surface area contributed by atoms with E-state index in [-0.39, 0.29) is 0 Å². The van der Waals surface area contributed by atoms with Crippen molar-refractivity contribution in [1.29, 1.82) is 5.26 Å². The molecule has 3 aromatic rings. The molecule has 0 radical (unpaired) electrons. The Bertz CT molecular complexity index is 790. The Morgan fingerprint density at radius 1 is 1.20 bits per heavy atom. The van der Waals surface area contributed by atoms with Crippen molar-refractivity contribution < 1.29 is 0 Å². The summed E-state index contributed by atoms with van der Waals surface area (Å²) in [4.78, 5) is 3.82. The van der Waals surface area contributed by atoms with Crippen LogP contribution >= 0.6 is 65.9 Å². The second kappa shape index (κ2) is 5.62. The fourth-order valence-electron chi connectivity index (χ4n) is 1.82. The van der Waals surface area contributed by atoms with Crippen LogP contribution in [0.15, 0.2) is 31.8 Å². The molecule has 0 saturated carbocycles. The number of thiophene rings is 3. The van der Waals surface area contributed by atoms with Gasteiger partial charge in [-0.15, -0.1) is 34.0 Å². The van der Waals surface area contributed by atoms with Gasteiger partial charge in [-0.3, -0.25) is 0 Å². The van der Waals surface area contributed by atoms with Gasteiger partial charge in [-0.2, -0.15) is 5.26 Å². The first kappa shape index (κ1) is 14.3. The summed E-state index contributed by atoms with van der Waals surface area (Å²) in [5.74, 6) is 0. The lowest BCUT2D eigenvalue weighted by atomic mass is 10.1. The summed E-state index contributed by atoms with van der Waals surface area (Å²) in [6.45, 7) is 0. The number of hydrogen-bond donors (Lipinski definition) is 1. The van der Waals surface area contributed by atoms with Crippen LogP contribution in [0.5, 0.6) is 0 Å². The third kappa shape index (κ3) is 2.36. The molecule has 0 aliphatic rings. The first-order chi connectivity index (χ1) is 9.61. The van der Waals surface area contributed by atoms with Crippen LogP contribution in [0.3, 0.4) is 0 Å². The second-order valence-corrected chi connectivity index (χ2v) is 9.06. The number of rotatable bonds is 2. The van der Waals surface area contributed by atoms with E-state index in [1.807, 2.05) is 17.5 Å². The molecule has 0 aliphatic heterocycles. The molecule has 20 heavy (non-hydrogen) atoms. The zero-order valence-electron chi connectivity index (χ0n) is 9.81. The molecule has 7 heteroatoms. The molecule has 2 nitrogen and oxygen atoms in total. The molecule has 100 valence electrons. The minimum atomic E-state index is 0.573. The summed E-state index contributed by atoms with van der Waals surface area (Å²) in [7, 11) is 0. The molecule has 0 bridgehead atoms. The first-order valence-electron chi connectivity index (χ1n) is 5.43. The second-order valence-electron chi connectivity index (χ2n) is 3.87. The number of nitrogens with zero attached hydrogens (tertiary/aromatic N) is 1. The van der Waals surface area contributed by atoms with Crippen molar-refractivity contribution in [3.05, 3.63) is 36.7 Å². The van der Waals surface area contributed by atoms with E-state index in [1.165, 1.54) is 11.3 Å². The highest BCUT2D eigenvalue weighted by Gasteiger charge is 2.21. The largest absolute Gasteiger partial charge is 0.396 e. The Hall–Kier alpha value is -0.650. The van der Waals surface area contributed by atoms with Gasteiger partial charge in [0.2, 0.25) is 0 Å². The van der Waals surface area contributed by atoms with Crippen LogP contribution in [-0.4, -0.2) is 0 Å². The SMILES string of the molecule is N#Cc1sc(-c2cc(Br)c(Br)s2)c(-c2cccs2)c1N. The average molecular weight is 446 g/mol. The first-order valence-corrected chi connectivity index (χ1v) is 9.53. The number of nitrogen functional groups attached to an aromatic ring is 1. The molecule has 0 spiro atoms. The Balaban J connectivity index is 2.28. The van der Waals surface area contributed by atoms with E-state index in [4.69, 9.17) is 5.73 Å². The minimum Gasteiger partial charge on any atom is -0.396 e. The van der Waals surface area contributed by atoms with Gasteiger partial charge in [0.1, 0.15) is 10.9 Å². The van der Waals surface area contributed by atoms with Gasteiger partial charge in [0, 0.05) is 19.8 Å². The quantitative estimate of drug-likeness (QED) is 0.511. The molecule has 3 aromatic heterocycles. The predicted octanol–water partition coefficient (Wildman–Crippen LogP) is 6.18. The molecule has 0 fully saturated rings. The van der Waals surface area contributed by atoms with E-state index < -0.39 is 0 Å². The number of nitrogens with two attached hydrogens (primary N) is 1. The zero-order valence-corrected chi connectivity index (χ0v) is 15.4. The van der Waals surface area contributed by atoms with Gasteiger partial charge in [-0.05, 0) is 49.4 Å². The van der Waals surface area contributed by atoms with Crippen LogP contribution < -0.4 is 5.73 Å². The topological polar surface area (TPSA) is 49.8 Å². The van der Waals surface area contributed by atoms with Crippen molar-refractivity contribution in [3.63, 3.8) is 0 Å². The van der Waals surface area contributed by atoms with Gasteiger partial charge in [-0.25, -0.2) is 0 Å². The third-order valence-electron chi connectivity index (χ3n) is 2.68. The highest BCUT2D eigenvalue weighted by atomic mass is 79.9. The molecule has 3 rings (SSSR count). The summed E-state index contributed by atoms with van der Waals surface area (Å²) < 4.78 is 2.05. The summed E-state index contributed by atoms with van der Waals surface area (Å²) in [6.07, 6.45) is 0. The highest BCUT2D eigenvalue weighted by molar-refractivity contribution is 9.13. The predicted molar refractivity (Wildman–Crippen MR) is 95.5 cm³/mol. The molecule has 2 N–H and O–H groups in total. The fourth-order valence-corrected chi connectivity index (χ4v) is 5.85. The molecule has 0 aromatic carbocycles. The van der Waals surface area contributed by atoms with E-state index >= 15 is 0 Å². The standard InChI is InChI=1S/C13H6Br2N2S3/c14-6-4-8(20-13(6)15)12-10(7-2-1-3-18-7)11(17)9(5-16)19-12/h1-4H,17H2. The van der Waals surface area contributed by atoms with E-state index in [9.17, 15) is 5.26 Å². The van der Waals surface area contributed by atoms with Crippen LogP contribution in [0.1, 0.15) is 4.88 Å². The van der Waals surface area contributed by atoms with E-state index in [0.717, 1.165) is 28.5 Å². The molecular weight excluding hydrogens is 440 g/mol. The Morgan fingerprint density at radius 3 is 2.55 bits per heavy atom. The van der Waals surface area contributed by atoms with Gasteiger partial charge in [0.15, 0.2) is 0 Å². The van der Waals surface area contributed by atoms with E-state index in [0.29, 0.717) is 10.6 Å². The van der Waals surface area contributed by atoms with Crippen LogP contribution in [0.25, 0.3) is 20.2 Å². The molecule has 0 unspecified atom stereocenters. The zero-order chi connectivity index (χ0) is 14.3. The van der Waals surface area contributed by atoms with Crippen LogP contribution in [0, 0.1) is 11.3 Å². The van der Waals surface area contributed by atoms with Crippen molar-refractivity contribution in [1.82, 2.24) is 0 Å². The number of halogens is 2. The Labute approximate surface area is 144 Å². The van der Waals surface area contributed by atoms with Crippen LogP contribution in [-0.2, 0) is 0 Å². The molecule has 0 saturated heterocycles. The molecule has 0 atom stereocenters. The summed E-state index contributed by atoms with van der Waals surface area (Å²) in [5.41, 5.74) is 7.72. The third-order valence-corrected chi connectivity index (χ3v) is 8.12. The van der Waals surface area contributed by atoms with Crippen LogP contribution in [0.4, 0.5) is 5.69 Å².